The van der Waals surface area contributed by atoms with Crippen molar-refractivity contribution in [3.05, 3.63) is 91.7 Å². The fourth-order valence-electron chi connectivity index (χ4n) is 2.57. The van der Waals surface area contributed by atoms with E-state index in [9.17, 15) is 0 Å². The Labute approximate surface area is 132 Å². The molecule has 110 valence electrons. The minimum absolute atomic E-state index is 1.03. The molecule has 0 radical (unpaired) electrons. The van der Waals surface area contributed by atoms with Crippen LogP contribution in [-0.4, -0.2) is 4.57 Å². The van der Waals surface area contributed by atoms with Gasteiger partial charge >= 0.3 is 0 Å². The molecule has 1 nitrogen and oxygen atoms in total. The van der Waals surface area contributed by atoms with Crippen LogP contribution in [0.4, 0.5) is 0 Å². The fraction of sp³-hybridized carbons (Fsp3) is 0.0476. The van der Waals surface area contributed by atoms with E-state index in [0.29, 0.717) is 0 Å². The quantitative estimate of drug-likeness (QED) is 0.567. The van der Waals surface area contributed by atoms with Crippen molar-refractivity contribution in [2.45, 2.75) is 6.92 Å². The lowest BCUT2D eigenvalue weighted by Crippen LogP contribution is -1.97. The molecule has 22 heavy (non-hydrogen) atoms. The maximum atomic E-state index is 3.97. The summed E-state index contributed by atoms with van der Waals surface area (Å²) in [4.78, 5) is 0. The monoisotopic (exact) mass is 287 g/mol. The van der Waals surface area contributed by atoms with Crippen molar-refractivity contribution < 1.29 is 0 Å². The number of rotatable bonds is 6. The number of aromatic nitrogens is 1. The molecule has 0 bridgehead atoms. The Morgan fingerprint density at radius 1 is 1.05 bits per heavy atom. The SMILES string of the molecule is C=C\C=C(/C=C/C=C\C)n1c(C=C)c(C=C)c2ccccc21. The van der Waals surface area contributed by atoms with Gasteiger partial charge in [0.05, 0.1) is 11.2 Å². The van der Waals surface area contributed by atoms with Gasteiger partial charge in [-0.05, 0) is 31.2 Å². The molecule has 2 aromatic rings. The number of para-hydroxylation sites is 1. The van der Waals surface area contributed by atoms with Crippen molar-refractivity contribution in [2.75, 3.05) is 0 Å². The zero-order valence-corrected chi connectivity index (χ0v) is 13.0. The van der Waals surface area contributed by atoms with Crippen molar-refractivity contribution in [2.24, 2.45) is 0 Å². The zero-order chi connectivity index (χ0) is 15.9. The van der Waals surface area contributed by atoms with Crippen LogP contribution in [-0.2, 0) is 0 Å². The van der Waals surface area contributed by atoms with E-state index in [4.69, 9.17) is 0 Å². The molecule has 0 aliphatic rings. The standard InChI is InChI=1S/C21H21N/c1-5-9-10-14-17(13-6-2)22-20(8-4)18(7-3)19-15-11-12-16-21(19)22/h5-16H,2-4H2,1H3/b9-5-,14-10+,17-13+. The van der Waals surface area contributed by atoms with Gasteiger partial charge in [-0.2, -0.15) is 0 Å². The Bertz CT molecular complexity index is 795. The number of nitrogens with zero attached hydrogens (tertiary/aromatic N) is 1. The summed E-state index contributed by atoms with van der Waals surface area (Å²) in [6, 6.07) is 8.30. The maximum Gasteiger partial charge on any atom is 0.0541 e. The van der Waals surface area contributed by atoms with E-state index >= 15 is 0 Å². The summed E-state index contributed by atoms with van der Waals surface area (Å²) in [5, 5.41) is 1.17. The Morgan fingerprint density at radius 3 is 2.45 bits per heavy atom. The second kappa shape index (κ2) is 7.28. The van der Waals surface area contributed by atoms with Crippen molar-refractivity contribution in [3.8, 4) is 0 Å². The van der Waals surface area contributed by atoms with Crippen molar-refractivity contribution in [1.82, 2.24) is 4.57 Å². The maximum absolute atomic E-state index is 3.97. The third-order valence-electron chi connectivity index (χ3n) is 3.47. The number of benzene rings is 1. The van der Waals surface area contributed by atoms with Crippen LogP contribution in [0.3, 0.4) is 0 Å². The molecule has 1 aromatic carbocycles. The summed E-state index contributed by atoms with van der Waals surface area (Å²) in [7, 11) is 0. The first-order chi connectivity index (χ1) is 10.8. The van der Waals surface area contributed by atoms with Crippen LogP contribution in [0.1, 0.15) is 18.2 Å². The number of allylic oxidation sites excluding steroid dienone is 7. The van der Waals surface area contributed by atoms with Crippen molar-refractivity contribution in [1.29, 1.82) is 0 Å². The summed E-state index contributed by atoms with van der Waals surface area (Å²) in [5.41, 5.74) is 4.30. The highest BCUT2D eigenvalue weighted by Gasteiger charge is 2.13. The van der Waals surface area contributed by atoms with Crippen LogP contribution < -0.4 is 0 Å². The second-order valence-corrected chi connectivity index (χ2v) is 4.77. The molecule has 0 aliphatic carbocycles. The minimum atomic E-state index is 1.03. The first kappa shape index (κ1) is 15.6. The average molecular weight is 287 g/mol. The van der Waals surface area contributed by atoms with Gasteiger partial charge < -0.3 is 4.57 Å². The van der Waals surface area contributed by atoms with Crippen LogP contribution in [0.5, 0.6) is 0 Å². The van der Waals surface area contributed by atoms with Gasteiger partial charge in [-0.25, -0.2) is 0 Å². The van der Waals surface area contributed by atoms with Gasteiger partial charge in [0.25, 0.3) is 0 Å². The minimum Gasteiger partial charge on any atom is -0.309 e. The van der Waals surface area contributed by atoms with E-state index in [1.165, 1.54) is 5.39 Å². The van der Waals surface area contributed by atoms with Gasteiger partial charge in [-0.1, -0.05) is 68.3 Å². The third-order valence-corrected chi connectivity index (χ3v) is 3.47. The lowest BCUT2D eigenvalue weighted by Gasteiger charge is -2.09. The Morgan fingerprint density at radius 2 is 1.82 bits per heavy atom. The van der Waals surface area contributed by atoms with Gasteiger partial charge in [0.1, 0.15) is 0 Å². The average Bonchev–Trinajstić information content (AvgIpc) is 2.87. The molecule has 0 saturated heterocycles. The molecule has 0 saturated carbocycles. The lowest BCUT2D eigenvalue weighted by atomic mass is 10.1. The van der Waals surface area contributed by atoms with E-state index in [2.05, 4.69) is 42.5 Å². The topological polar surface area (TPSA) is 4.93 Å². The normalized spacial score (nSPS) is 12.3. The summed E-state index contributed by atoms with van der Waals surface area (Å²) >= 11 is 0. The molecule has 2 rings (SSSR count). The molecule has 0 unspecified atom stereocenters. The molecule has 0 aliphatic heterocycles. The smallest absolute Gasteiger partial charge is 0.0541 e. The highest BCUT2D eigenvalue weighted by molar-refractivity contribution is 5.96. The van der Waals surface area contributed by atoms with Crippen LogP contribution in [0.2, 0.25) is 0 Å². The molecule has 1 heterocycles. The van der Waals surface area contributed by atoms with E-state index in [-0.39, 0.29) is 0 Å². The van der Waals surface area contributed by atoms with E-state index in [1.807, 2.05) is 55.5 Å². The summed E-state index contributed by atoms with van der Waals surface area (Å²) < 4.78 is 2.18. The fourth-order valence-corrected chi connectivity index (χ4v) is 2.57. The van der Waals surface area contributed by atoms with Gasteiger partial charge in [-0.15, -0.1) is 0 Å². The zero-order valence-electron chi connectivity index (χ0n) is 13.0. The highest BCUT2D eigenvalue weighted by atomic mass is 15.0. The van der Waals surface area contributed by atoms with Crippen LogP contribution in [0.25, 0.3) is 28.8 Å². The van der Waals surface area contributed by atoms with Gasteiger partial charge in [-0.3, -0.25) is 0 Å². The molecule has 0 N–H and O–H groups in total. The second-order valence-electron chi connectivity index (χ2n) is 4.77. The highest BCUT2D eigenvalue weighted by Crippen LogP contribution is 2.31. The Balaban J connectivity index is 2.82. The first-order valence-corrected chi connectivity index (χ1v) is 7.29. The number of hydrogen-bond acceptors (Lipinski definition) is 0. The molecule has 0 fully saturated rings. The Hall–Kier alpha value is -2.80. The molecule has 0 atom stereocenters. The van der Waals surface area contributed by atoms with Crippen molar-refractivity contribution in [3.63, 3.8) is 0 Å². The molecule has 1 aromatic heterocycles. The largest absolute Gasteiger partial charge is 0.309 e. The Kier molecular flexibility index (Phi) is 5.16. The number of hydrogen-bond donors (Lipinski definition) is 0. The van der Waals surface area contributed by atoms with Gasteiger partial charge in [0.15, 0.2) is 0 Å². The van der Waals surface area contributed by atoms with Gasteiger partial charge in [0.2, 0.25) is 0 Å². The van der Waals surface area contributed by atoms with Gasteiger partial charge in [0, 0.05) is 16.6 Å². The van der Waals surface area contributed by atoms with Crippen LogP contribution in [0.15, 0.2) is 80.5 Å². The summed E-state index contributed by atoms with van der Waals surface area (Å²) in [5.74, 6) is 0. The van der Waals surface area contributed by atoms with E-state index in [1.54, 1.807) is 6.08 Å². The summed E-state index contributed by atoms with van der Waals surface area (Å²) in [6.07, 6.45) is 15.6. The van der Waals surface area contributed by atoms with E-state index < -0.39 is 0 Å². The number of fused-ring (bicyclic) bond motifs is 1. The van der Waals surface area contributed by atoms with Crippen LogP contribution in [0, 0.1) is 0 Å². The summed E-state index contributed by atoms with van der Waals surface area (Å²) in [6.45, 7) is 13.8. The van der Waals surface area contributed by atoms with E-state index in [0.717, 1.165) is 22.5 Å². The molecular weight excluding hydrogens is 266 g/mol. The third kappa shape index (κ3) is 2.79. The predicted octanol–water partition coefficient (Wildman–Crippen LogP) is 6.09. The lowest BCUT2D eigenvalue weighted by molar-refractivity contribution is 1.15. The molecule has 0 spiro atoms. The predicted molar refractivity (Wildman–Crippen MR) is 101 cm³/mol. The molecule has 1 heteroatoms. The van der Waals surface area contributed by atoms with Crippen molar-refractivity contribution >= 4 is 28.8 Å². The molecular formula is C21H21N. The van der Waals surface area contributed by atoms with Crippen LogP contribution >= 0.6 is 0 Å². The first-order valence-electron chi connectivity index (χ1n) is 7.29. The molecule has 0 amide bonds.